The lowest BCUT2D eigenvalue weighted by molar-refractivity contribution is -0.518. The zero-order valence-corrected chi connectivity index (χ0v) is 20.8. The summed E-state index contributed by atoms with van der Waals surface area (Å²) in [6.07, 6.45) is -13.6. The zero-order valence-electron chi connectivity index (χ0n) is 20.8. The van der Waals surface area contributed by atoms with E-state index in [9.17, 15) is 41.7 Å². The second-order valence-corrected chi connectivity index (χ2v) is 7.60. The lowest BCUT2D eigenvalue weighted by Gasteiger charge is -2.26. The Morgan fingerprint density at radius 3 is 1.51 bits per heavy atom. The minimum atomic E-state index is -5.45. The molecule has 0 amide bonds. The Morgan fingerprint density at radius 1 is 0.590 bits per heavy atom. The van der Waals surface area contributed by atoms with Crippen molar-refractivity contribution < 1.29 is 84.7 Å². The van der Waals surface area contributed by atoms with E-state index in [-0.39, 0.29) is 52.9 Å². The average molecular weight is 592 g/mol. The predicted octanol–water partition coefficient (Wildman–Crippen LogP) is -0.437. The Bertz CT molecular complexity index is 655. The number of ether oxygens (including phenoxy) is 8. The van der Waals surface area contributed by atoms with E-state index in [4.69, 9.17) is 25.7 Å². The number of aliphatic hydroxyl groups is 4. The summed E-state index contributed by atoms with van der Waals surface area (Å²) in [5.41, 5.74) is 0. The van der Waals surface area contributed by atoms with Gasteiger partial charge in [0.1, 0.15) is 38.1 Å². The van der Waals surface area contributed by atoms with Gasteiger partial charge in [-0.3, -0.25) is 0 Å². The molecule has 4 N–H and O–H groups in total. The van der Waals surface area contributed by atoms with Crippen LogP contribution in [0.1, 0.15) is 0 Å². The van der Waals surface area contributed by atoms with Crippen LogP contribution < -0.4 is 0 Å². The molecule has 0 spiro atoms. The van der Waals surface area contributed by atoms with Crippen LogP contribution in [0.4, 0.5) is 26.3 Å². The molecule has 0 radical (unpaired) electrons. The van der Waals surface area contributed by atoms with E-state index in [1.54, 1.807) is 0 Å². The highest BCUT2D eigenvalue weighted by atomic mass is 19.3. The molecule has 3 unspecified atom stereocenters. The molecular formula is C21H34F6O12. The fraction of sp³-hybridized carbons (Fsp3) is 0.905. The first-order valence-corrected chi connectivity index (χ1v) is 11.3. The molecule has 0 heterocycles. The van der Waals surface area contributed by atoms with Crippen molar-refractivity contribution in [1.82, 2.24) is 0 Å². The van der Waals surface area contributed by atoms with Gasteiger partial charge < -0.3 is 48.8 Å². The SMILES string of the molecule is C#CCOCC(O)COCC(O)COCCOCC(F)(F)OC(F)(F)OC(F)(F)COCC(O)COCCO. The first-order valence-electron chi connectivity index (χ1n) is 11.3. The zero-order chi connectivity index (χ0) is 29.8. The third kappa shape index (κ3) is 23.1. The fourth-order valence-electron chi connectivity index (χ4n) is 2.29. The maximum Gasteiger partial charge on any atom is 0.495 e. The summed E-state index contributed by atoms with van der Waals surface area (Å²) < 4.78 is 115. The molecule has 0 aromatic heterocycles. The smallest absolute Gasteiger partial charge is 0.394 e. The van der Waals surface area contributed by atoms with Gasteiger partial charge >= 0.3 is 18.5 Å². The number of hydrogen-bond acceptors (Lipinski definition) is 12. The van der Waals surface area contributed by atoms with Gasteiger partial charge in [0.25, 0.3) is 0 Å². The first kappa shape index (κ1) is 37.7. The topological polar surface area (TPSA) is 155 Å². The van der Waals surface area contributed by atoms with Crippen LogP contribution in [0.15, 0.2) is 0 Å². The van der Waals surface area contributed by atoms with Crippen LogP contribution in [0.25, 0.3) is 0 Å². The third-order valence-corrected chi connectivity index (χ3v) is 3.73. The Balaban J connectivity index is 4.10. The number of hydrogen-bond donors (Lipinski definition) is 4. The van der Waals surface area contributed by atoms with Gasteiger partial charge in [-0.2, -0.15) is 17.6 Å². The summed E-state index contributed by atoms with van der Waals surface area (Å²) in [6.45, 7) is -7.07. The summed E-state index contributed by atoms with van der Waals surface area (Å²) in [5, 5.41) is 37.0. The molecule has 0 aliphatic carbocycles. The van der Waals surface area contributed by atoms with Crippen molar-refractivity contribution in [1.29, 1.82) is 0 Å². The Hall–Kier alpha value is -1.34. The fourth-order valence-corrected chi connectivity index (χ4v) is 2.29. The summed E-state index contributed by atoms with van der Waals surface area (Å²) in [7, 11) is 0. The molecule has 0 bridgehead atoms. The van der Waals surface area contributed by atoms with Gasteiger partial charge in [0.05, 0.1) is 66.1 Å². The molecule has 0 saturated carbocycles. The van der Waals surface area contributed by atoms with Crippen molar-refractivity contribution in [3.8, 4) is 12.3 Å². The standard InChI is InChI=1S/C21H34F6O12/c1-2-4-32-8-16(29)11-36-12-17(30)10-34-6-7-35-14-19(22,23)38-21(26,27)39-20(24,25)15-37-13-18(31)9-33-5-3-28/h1,16-18,28-31H,3-15H2. The van der Waals surface area contributed by atoms with Crippen molar-refractivity contribution in [2.24, 2.45) is 0 Å². The molecule has 232 valence electrons. The van der Waals surface area contributed by atoms with Crippen LogP contribution in [0.2, 0.25) is 0 Å². The molecule has 0 aromatic rings. The molecule has 3 atom stereocenters. The lowest BCUT2D eigenvalue weighted by atomic mass is 10.4. The average Bonchev–Trinajstić information content (AvgIpc) is 2.80. The highest BCUT2D eigenvalue weighted by Gasteiger charge is 2.52. The van der Waals surface area contributed by atoms with Gasteiger partial charge in [-0.05, 0) is 0 Å². The summed E-state index contributed by atoms with van der Waals surface area (Å²) in [4.78, 5) is 0. The Morgan fingerprint density at radius 2 is 1.00 bits per heavy atom. The van der Waals surface area contributed by atoms with Gasteiger partial charge in [0.15, 0.2) is 0 Å². The Kier molecular flexibility index (Phi) is 19.8. The van der Waals surface area contributed by atoms with Crippen LogP contribution >= 0.6 is 0 Å². The number of halogens is 6. The maximum absolute atomic E-state index is 13.6. The summed E-state index contributed by atoms with van der Waals surface area (Å²) in [6, 6.07) is 0. The normalized spacial score (nSPS) is 15.2. The maximum atomic E-state index is 13.6. The van der Waals surface area contributed by atoms with Crippen LogP contribution in [-0.4, -0.2) is 143 Å². The van der Waals surface area contributed by atoms with E-state index < -0.39 is 69.9 Å². The van der Waals surface area contributed by atoms with Crippen molar-refractivity contribution >= 4 is 0 Å². The first-order chi connectivity index (χ1) is 18.2. The van der Waals surface area contributed by atoms with Crippen LogP contribution in [0, 0.1) is 12.3 Å². The molecule has 0 rings (SSSR count). The molecule has 12 nitrogen and oxygen atoms in total. The van der Waals surface area contributed by atoms with E-state index >= 15 is 0 Å². The second-order valence-electron chi connectivity index (χ2n) is 7.60. The van der Waals surface area contributed by atoms with Gasteiger partial charge in [0.2, 0.25) is 0 Å². The molecule has 0 aromatic carbocycles. The number of rotatable bonds is 26. The Labute approximate surface area is 220 Å². The second kappa shape index (κ2) is 20.5. The van der Waals surface area contributed by atoms with Crippen molar-refractivity contribution in [3.05, 3.63) is 0 Å². The van der Waals surface area contributed by atoms with Crippen LogP contribution in [-0.2, 0) is 37.9 Å². The molecule has 0 aliphatic rings. The quantitative estimate of drug-likeness (QED) is 0.0446. The van der Waals surface area contributed by atoms with Crippen LogP contribution in [0.3, 0.4) is 0 Å². The van der Waals surface area contributed by atoms with Crippen molar-refractivity contribution in [2.75, 3.05) is 85.9 Å². The number of aliphatic hydroxyl groups excluding tert-OH is 4. The van der Waals surface area contributed by atoms with Crippen molar-refractivity contribution in [2.45, 2.75) is 36.8 Å². The predicted molar refractivity (Wildman–Crippen MR) is 116 cm³/mol. The minimum absolute atomic E-state index is 0.00660. The van der Waals surface area contributed by atoms with Gasteiger partial charge in [-0.1, -0.05) is 5.92 Å². The lowest BCUT2D eigenvalue weighted by Crippen LogP contribution is -2.44. The number of alkyl halides is 6. The molecule has 0 fully saturated rings. The minimum Gasteiger partial charge on any atom is -0.394 e. The summed E-state index contributed by atoms with van der Waals surface area (Å²) in [5.74, 6) is 2.20. The largest absolute Gasteiger partial charge is 0.495 e. The third-order valence-electron chi connectivity index (χ3n) is 3.73. The number of terminal acetylenes is 1. The molecular weight excluding hydrogens is 558 g/mol. The van der Waals surface area contributed by atoms with Crippen LogP contribution in [0.5, 0.6) is 0 Å². The van der Waals surface area contributed by atoms with Gasteiger partial charge in [-0.25, -0.2) is 9.47 Å². The monoisotopic (exact) mass is 592 g/mol. The van der Waals surface area contributed by atoms with E-state index in [1.165, 1.54) is 0 Å². The molecule has 0 aliphatic heterocycles. The highest BCUT2D eigenvalue weighted by molar-refractivity contribution is 4.82. The van der Waals surface area contributed by atoms with Gasteiger partial charge in [0, 0.05) is 0 Å². The molecule has 0 saturated heterocycles. The van der Waals surface area contributed by atoms with E-state index in [0.29, 0.717) is 0 Å². The highest BCUT2D eigenvalue weighted by Crippen LogP contribution is 2.33. The van der Waals surface area contributed by atoms with Gasteiger partial charge in [-0.15, -0.1) is 15.2 Å². The molecule has 18 heteroatoms. The van der Waals surface area contributed by atoms with E-state index in [2.05, 4.69) is 29.6 Å². The molecule has 39 heavy (non-hydrogen) atoms. The van der Waals surface area contributed by atoms with Crippen molar-refractivity contribution in [3.63, 3.8) is 0 Å². The van der Waals surface area contributed by atoms with E-state index in [0.717, 1.165) is 0 Å². The summed E-state index contributed by atoms with van der Waals surface area (Å²) >= 11 is 0. The van der Waals surface area contributed by atoms with E-state index in [1.807, 2.05) is 0 Å².